The number of guanidine groups is 1. The summed E-state index contributed by atoms with van der Waals surface area (Å²) in [5, 5.41) is 12.7. The summed E-state index contributed by atoms with van der Waals surface area (Å²) in [6.45, 7) is 7.21. The molecule has 1 unspecified atom stereocenters. The normalized spacial score (nSPS) is 12.7. The van der Waals surface area contributed by atoms with E-state index >= 15 is 0 Å². The number of hydrogen-bond acceptors (Lipinski definition) is 2. The number of rotatable bonds is 6. The Kier molecular flexibility index (Phi) is 7.91. The lowest BCUT2D eigenvalue weighted by Gasteiger charge is -2.18. The fourth-order valence-electron chi connectivity index (χ4n) is 3.55. The van der Waals surface area contributed by atoms with Crippen molar-refractivity contribution in [3.05, 3.63) is 53.0 Å². The maximum atomic E-state index is 4.51. The van der Waals surface area contributed by atoms with Crippen molar-refractivity contribution in [3.63, 3.8) is 0 Å². The molecule has 0 aliphatic rings. The summed E-state index contributed by atoms with van der Waals surface area (Å²) in [6.07, 6.45) is 3.97. The minimum absolute atomic E-state index is 0. The zero-order valence-electron chi connectivity index (χ0n) is 17.3. The molecule has 0 saturated carbocycles. The van der Waals surface area contributed by atoms with E-state index in [1.165, 1.54) is 27.7 Å². The molecule has 0 aliphatic carbocycles. The van der Waals surface area contributed by atoms with Crippen LogP contribution in [-0.2, 0) is 19.9 Å². The highest BCUT2D eigenvalue weighted by atomic mass is 127. The zero-order chi connectivity index (χ0) is 19.4. The molecule has 28 heavy (non-hydrogen) atoms. The first-order valence-corrected chi connectivity index (χ1v) is 9.50. The average molecular weight is 494 g/mol. The Morgan fingerprint density at radius 1 is 1.29 bits per heavy atom. The maximum absolute atomic E-state index is 4.51. The number of para-hydroxylation sites is 1. The molecule has 1 aromatic carbocycles. The second-order valence-corrected chi connectivity index (χ2v) is 7.13. The smallest absolute Gasteiger partial charge is 0.191 e. The molecule has 3 rings (SSSR count). The molecule has 2 aromatic heterocycles. The Hall–Kier alpha value is -2.03. The predicted octanol–water partition coefficient (Wildman–Crippen LogP) is 3.47. The van der Waals surface area contributed by atoms with Gasteiger partial charge in [-0.2, -0.15) is 5.10 Å². The van der Waals surface area contributed by atoms with Gasteiger partial charge in [0.2, 0.25) is 0 Å². The average Bonchev–Trinajstić information content (AvgIpc) is 3.17. The van der Waals surface area contributed by atoms with E-state index in [4.69, 9.17) is 0 Å². The summed E-state index contributed by atoms with van der Waals surface area (Å²) < 4.78 is 1.95. The number of benzene rings is 1. The lowest BCUT2D eigenvalue weighted by molar-refractivity contribution is 0.635. The van der Waals surface area contributed by atoms with Gasteiger partial charge in [-0.05, 0) is 50.8 Å². The van der Waals surface area contributed by atoms with Crippen molar-refractivity contribution < 1.29 is 0 Å². The fraction of sp³-hybridized carbons (Fsp3) is 0.429. The van der Waals surface area contributed by atoms with Crippen molar-refractivity contribution in [3.8, 4) is 0 Å². The number of nitrogens with one attached hydrogen (secondary N) is 3. The van der Waals surface area contributed by atoms with Crippen LogP contribution in [0.2, 0.25) is 0 Å². The molecule has 2 heterocycles. The highest BCUT2D eigenvalue weighted by Crippen LogP contribution is 2.17. The summed E-state index contributed by atoms with van der Waals surface area (Å²) in [5.41, 5.74) is 6.15. The van der Waals surface area contributed by atoms with E-state index < -0.39 is 0 Å². The fourth-order valence-corrected chi connectivity index (χ4v) is 3.55. The Labute approximate surface area is 184 Å². The van der Waals surface area contributed by atoms with Crippen LogP contribution in [0, 0.1) is 13.8 Å². The van der Waals surface area contributed by atoms with Crippen molar-refractivity contribution in [2.75, 3.05) is 13.6 Å². The number of halogens is 1. The number of aliphatic imine (C=N–C) groups is 1. The van der Waals surface area contributed by atoms with Crippen molar-refractivity contribution in [2.45, 2.75) is 39.7 Å². The van der Waals surface area contributed by atoms with Gasteiger partial charge < -0.3 is 15.6 Å². The topological polar surface area (TPSA) is 70.0 Å². The first-order chi connectivity index (χ1) is 13.0. The zero-order valence-corrected chi connectivity index (χ0v) is 19.7. The van der Waals surface area contributed by atoms with E-state index in [0.717, 1.165) is 31.0 Å². The number of aromatic amines is 1. The van der Waals surface area contributed by atoms with Crippen molar-refractivity contribution in [1.29, 1.82) is 0 Å². The van der Waals surface area contributed by atoms with Crippen LogP contribution >= 0.6 is 24.0 Å². The van der Waals surface area contributed by atoms with Crippen LogP contribution < -0.4 is 10.6 Å². The lowest BCUT2D eigenvalue weighted by Crippen LogP contribution is -2.43. The molecule has 0 amide bonds. The molecule has 152 valence electrons. The highest BCUT2D eigenvalue weighted by molar-refractivity contribution is 14.0. The summed E-state index contributed by atoms with van der Waals surface area (Å²) in [6, 6.07) is 8.68. The van der Waals surface area contributed by atoms with Gasteiger partial charge in [-0.3, -0.25) is 9.67 Å². The molecule has 0 aliphatic heterocycles. The Morgan fingerprint density at radius 3 is 2.71 bits per heavy atom. The standard InChI is InChI=1S/C21H30N6.HI/c1-14(12-19-15(2)26-27(5)16(19)3)25-21(22-4)23-11-10-17-13-24-20-9-7-6-8-18(17)20;/h6-9,13-14,24H,10-12H2,1-5H3,(H2,22,23,25);1H. The van der Waals surface area contributed by atoms with Crippen LogP contribution in [0.15, 0.2) is 35.5 Å². The number of fused-ring (bicyclic) bond motifs is 1. The molecule has 3 N–H and O–H groups in total. The molecule has 0 radical (unpaired) electrons. The summed E-state index contributed by atoms with van der Waals surface area (Å²) >= 11 is 0. The molecule has 1 atom stereocenters. The van der Waals surface area contributed by atoms with Crippen LogP contribution in [0.5, 0.6) is 0 Å². The van der Waals surface area contributed by atoms with Gasteiger partial charge in [0.1, 0.15) is 0 Å². The van der Waals surface area contributed by atoms with Gasteiger partial charge in [0.15, 0.2) is 5.96 Å². The Bertz CT molecular complexity index is 940. The summed E-state index contributed by atoms with van der Waals surface area (Å²) in [4.78, 5) is 7.70. The number of aryl methyl sites for hydroxylation is 2. The Balaban J connectivity index is 0.00000280. The first kappa shape index (κ1) is 22.3. The van der Waals surface area contributed by atoms with Gasteiger partial charge in [0.05, 0.1) is 5.69 Å². The largest absolute Gasteiger partial charge is 0.361 e. The minimum atomic E-state index is 0. The van der Waals surface area contributed by atoms with Gasteiger partial charge >= 0.3 is 0 Å². The van der Waals surface area contributed by atoms with Crippen LogP contribution in [0.4, 0.5) is 0 Å². The van der Waals surface area contributed by atoms with Crippen LogP contribution in [0.25, 0.3) is 10.9 Å². The summed E-state index contributed by atoms with van der Waals surface area (Å²) in [5.74, 6) is 0.835. The molecular weight excluding hydrogens is 463 g/mol. The van der Waals surface area contributed by atoms with Crippen molar-refractivity contribution in [2.24, 2.45) is 12.0 Å². The Morgan fingerprint density at radius 2 is 2.04 bits per heavy atom. The number of nitrogens with zero attached hydrogens (tertiary/aromatic N) is 3. The van der Waals surface area contributed by atoms with Crippen LogP contribution in [0.3, 0.4) is 0 Å². The molecule has 6 nitrogen and oxygen atoms in total. The van der Waals surface area contributed by atoms with Gasteiger partial charge in [0.25, 0.3) is 0 Å². The third-order valence-corrected chi connectivity index (χ3v) is 5.14. The third kappa shape index (κ3) is 5.06. The molecule has 0 fully saturated rings. The summed E-state index contributed by atoms with van der Waals surface area (Å²) in [7, 11) is 3.81. The van der Waals surface area contributed by atoms with Gasteiger partial charge in [-0.15, -0.1) is 24.0 Å². The number of H-pyrrole nitrogens is 1. The van der Waals surface area contributed by atoms with Crippen LogP contribution in [-0.4, -0.2) is 40.4 Å². The van der Waals surface area contributed by atoms with Crippen molar-refractivity contribution >= 4 is 40.8 Å². The SMILES string of the molecule is CN=C(NCCc1c[nH]c2ccccc12)NC(C)Cc1c(C)nn(C)c1C.I. The van der Waals surface area contributed by atoms with E-state index in [1.807, 2.05) is 18.8 Å². The van der Waals surface area contributed by atoms with Gasteiger partial charge in [0, 0.05) is 49.5 Å². The monoisotopic (exact) mass is 494 g/mol. The minimum Gasteiger partial charge on any atom is -0.361 e. The van der Waals surface area contributed by atoms with Crippen molar-refractivity contribution in [1.82, 2.24) is 25.4 Å². The van der Waals surface area contributed by atoms with E-state index in [0.29, 0.717) is 0 Å². The number of hydrogen-bond donors (Lipinski definition) is 3. The van der Waals surface area contributed by atoms with Gasteiger partial charge in [-0.25, -0.2) is 0 Å². The van der Waals surface area contributed by atoms with E-state index in [2.05, 4.69) is 76.9 Å². The number of aromatic nitrogens is 3. The van der Waals surface area contributed by atoms with Crippen LogP contribution in [0.1, 0.15) is 29.4 Å². The second-order valence-electron chi connectivity index (χ2n) is 7.13. The predicted molar refractivity (Wildman–Crippen MR) is 128 cm³/mol. The molecule has 3 aromatic rings. The first-order valence-electron chi connectivity index (χ1n) is 9.50. The van der Waals surface area contributed by atoms with E-state index in [9.17, 15) is 0 Å². The van der Waals surface area contributed by atoms with E-state index in [-0.39, 0.29) is 30.0 Å². The molecular formula is C21H31IN6. The second kappa shape index (κ2) is 9.95. The lowest BCUT2D eigenvalue weighted by atomic mass is 10.1. The van der Waals surface area contributed by atoms with E-state index in [1.54, 1.807) is 0 Å². The maximum Gasteiger partial charge on any atom is 0.191 e. The third-order valence-electron chi connectivity index (χ3n) is 5.14. The van der Waals surface area contributed by atoms with Gasteiger partial charge in [-0.1, -0.05) is 18.2 Å². The molecule has 0 saturated heterocycles. The highest BCUT2D eigenvalue weighted by Gasteiger charge is 2.14. The molecule has 0 bridgehead atoms. The molecule has 7 heteroatoms. The molecule has 0 spiro atoms. The quantitative estimate of drug-likeness (QED) is 0.279.